The highest BCUT2D eigenvalue weighted by Crippen LogP contribution is 2.40. The summed E-state index contributed by atoms with van der Waals surface area (Å²) in [5.74, 6) is 0. The van der Waals surface area contributed by atoms with E-state index in [9.17, 15) is 0 Å². The molecule has 81 heavy (non-hydrogen) atoms. The SMILES string of the molecule is Bc1c(B)c(-c2c3c(B)c(B)c(B)c(B)c3c(-c3c(B)c(B)c4oc5c(B)c(B)c6c(B)c(B)c(B)c(B)c6c5c4c3B)c3c(B)c(B)c(B)c(B)c23)c(B)c(B)c1-c1c(B)c(B)c2c(c1B)c(B)c(B)c1c(B)c(B)c(B)c(B)c12. The van der Waals surface area contributed by atoms with Crippen molar-refractivity contribution in [1.29, 1.82) is 0 Å². The van der Waals surface area contributed by atoms with Gasteiger partial charge in [-0.3, -0.25) is 0 Å². The zero-order valence-corrected chi connectivity index (χ0v) is 55.4. The van der Waals surface area contributed by atoms with Crippen LogP contribution in [0.2, 0.25) is 0 Å². The molecule has 0 amide bonds. The van der Waals surface area contributed by atoms with Crippen LogP contribution in [0.15, 0.2) is 4.42 Å². The van der Waals surface area contributed by atoms with E-state index in [1.54, 1.807) is 0 Å². The van der Waals surface area contributed by atoms with Crippen molar-refractivity contribution in [3.8, 4) is 33.4 Å². The first-order valence-electron chi connectivity index (χ1n) is 30.2. The topological polar surface area (TPSA) is 13.1 Å². The van der Waals surface area contributed by atoms with Gasteiger partial charge in [-0.1, -0.05) is 120 Å². The van der Waals surface area contributed by atoms with E-state index in [2.05, 4.69) is 235 Å². The molecule has 10 aromatic carbocycles. The molecule has 1 nitrogen and oxygen atoms in total. The minimum absolute atomic E-state index is 1.03. The lowest BCUT2D eigenvalue weighted by Gasteiger charge is -2.32. The van der Waals surface area contributed by atoms with Gasteiger partial charge in [0.15, 0.2) is 0 Å². The highest BCUT2D eigenvalue weighted by atomic mass is 16.3. The minimum Gasteiger partial charge on any atom is -0.457 e. The Morgan fingerprint density at radius 1 is 0.111 bits per heavy atom. The highest BCUT2D eigenvalue weighted by molar-refractivity contribution is 6.79. The fourth-order valence-corrected chi connectivity index (χ4v) is 16.6. The highest BCUT2D eigenvalue weighted by Gasteiger charge is 2.32. The lowest BCUT2D eigenvalue weighted by atomic mass is 9.55. The fourth-order valence-electron chi connectivity index (χ4n) is 16.6. The molecule has 11 rings (SSSR count). The molecule has 11 aromatic rings. The van der Waals surface area contributed by atoms with Gasteiger partial charge in [-0.15, -0.1) is 43.7 Å². The van der Waals surface area contributed by atoms with Crippen molar-refractivity contribution in [2.75, 3.05) is 0 Å². The summed E-state index contributed by atoms with van der Waals surface area (Å²) in [6, 6.07) is 0. The second kappa shape index (κ2) is 19.4. The maximum absolute atomic E-state index is 7.31. The third-order valence-corrected chi connectivity index (χ3v) is 23.5. The zero-order valence-electron chi connectivity index (χ0n) is 55.4. The molecule has 0 aliphatic rings. The predicted molar refractivity (Wildman–Crippen MR) is 463 cm³/mol. The average molecular weight is 1000 g/mol. The van der Waals surface area contributed by atoms with Crippen LogP contribution in [-0.4, -0.2) is 235 Å². The van der Waals surface area contributed by atoms with Gasteiger partial charge in [-0.25, -0.2) is 0 Å². The first-order valence-corrected chi connectivity index (χ1v) is 30.2. The number of rotatable bonds is 3. The average Bonchev–Trinajstić information content (AvgIpc) is 2.65. The summed E-state index contributed by atoms with van der Waals surface area (Å²) in [4.78, 5) is 0. The molecule has 0 fully saturated rings. The second-order valence-electron chi connectivity index (χ2n) is 26.3. The van der Waals surface area contributed by atoms with Crippen molar-refractivity contribution in [1.82, 2.24) is 0 Å². The molecule has 0 spiro atoms. The zero-order chi connectivity index (χ0) is 59.6. The predicted octanol–water partition coefficient (Wildman–Crippen LogP) is -37.9. The molecule has 31 heteroatoms. The van der Waals surface area contributed by atoms with Crippen molar-refractivity contribution in [3.63, 3.8) is 0 Å². The number of benzene rings is 10. The normalized spacial score (nSPS) is 12.0. The monoisotopic (exact) mass is 1010 g/mol. The molecule has 1 heterocycles. The van der Waals surface area contributed by atoms with E-state index in [0.717, 1.165) is 11.2 Å². The molecular formula is C50H60B30O. The van der Waals surface area contributed by atoms with Crippen LogP contribution in [0.4, 0.5) is 0 Å². The van der Waals surface area contributed by atoms with Crippen molar-refractivity contribution in [2.24, 2.45) is 0 Å². The Kier molecular flexibility index (Phi) is 13.9. The van der Waals surface area contributed by atoms with Crippen LogP contribution in [-0.2, 0) is 0 Å². The van der Waals surface area contributed by atoms with Crippen LogP contribution in [0, 0.1) is 0 Å². The largest absolute Gasteiger partial charge is 0.457 e. The number of furan rings is 1. The molecule has 0 radical (unpaired) electrons. The summed E-state index contributed by atoms with van der Waals surface area (Å²) in [5, 5.41) is 16.6. The smallest absolute Gasteiger partial charge is 0.143 e. The Morgan fingerprint density at radius 2 is 0.284 bits per heavy atom. The quantitative estimate of drug-likeness (QED) is 0.0977. The van der Waals surface area contributed by atoms with Crippen LogP contribution in [0.1, 0.15) is 0 Å². The third kappa shape index (κ3) is 7.30. The number of hydrogen-bond acceptors (Lipinski definition) is 1. The molecular weight excluding hydrogens is 941 g/mol. The van der Waals surface area contributed by atoms with E-state index < -0.39 is 0 Å². The van der Waals surface area contributed by atoms with Gasteiger partial charge >= 0.3 is 0 Å². The second-order valence-corrected chi connectivity index (χ2v) is 26.3. The van der Waals surface area contributed by atoms with Gasteiger partial charge in [-0.2, -0.15) is 0 Å². The first kappa shape index (κ1) is 58.0. The van der Waals surface area contributed by atoms with E-state index >= 15 is 0 Å². The molecule has 0 saturated carbocycles. The van der Waals surface area contributed by atoms with Gasteiger partial charge in [-0.05, 0) is 87.2 Å². The lowest BCUT2D eigenvalue weighted by Crippen LogP contribution is -2.52. The summed E-state index contributed by atoms with van der Waals surface area (Å²) in [6.07, 6.45) is 0. The molecule has 0 atom stereocenters. The van der Waals surface area contributed by atoms with E-state index in [-0.39, 0.29) is 0 Å². The van der Waals surface area contributed by atoms with E-state index in [4.69, 9.17) is 4.42 Å². The maximum Gasteiger partial charge on any atom is 0.143 e. The van der Waals surface area contributed by atoms with Crippen molar-refractivity contribution < 1.29 is 4.42 Å². The van der Waals surface area contributed by atoms with Crippen molar-refractivity contribution >= 4 is 475 Å². The molecule has 0 bridgehead atoms. The van der Waals surface area contributed by atoms with Gasteiger partial charge < -0.3 is 4.42 Å². The van der Waals surface area contributed by atoms with Crippen LogP contribution < -0.4 is 164 Å². The standard InChI is InChI=1S/C50H60B30O/c51-19-13-7(8-14(31(63)30(13)62)35(67)45(77)43(75)26(8)58)21(53)32(64)16(19)17-33(65)28(60)12(29(61)34(17)66)2-5-3(22(54)39(71)41(73)24(5)56)1(4-6(2)25(57)42(74)40(72)23(4)55)11-20(52)18-10-9-15(36(68)46(78)44(76)27(9)59)38(70)47(79)49(10)81-50(18)48(80)37(11)69/h51-80H2. The molecule has 0 aliphatic heterocycles. The summed E-state index contributed by atoms with van der Waals surface area (Å²) >= 11 is 0. The Balaban J connectivity index is 1.34. The Hall–Kier alpha value is -4.75. The lowest BCUT2D eigenvalue weighted by molar-refractivity contribution is 0.675. The Bertz CT molecular complexity index is 4820. The van der Waals surface area contributed by atoms with Crippen molar-refractivity contribution in [2.45, 2.75) is 0 Å². The molecule has 0 N–H and O–H groups in total. The fraction of sp³-hybridized carbons (Fsp3) is 0. The summed E-state index contributed by atoms with van der Waals surface area (Å²) < 4.78 is 7.31. The van der Waals surface area contributed by atoms with Crippen LogP contribution in [0.25, 0.3) is 109 Å². The third-order valence-electron chi connectivity index (χ3n) is 23.5. The Labute approximate surface area is 509 Å². The van der Waals surface area contributed by atoms with E-state index in [1.165, 1.54) is 262 Å². The molecule has 356 valence electrons. The van der Waals surface area contributed by atoms with Gasteiger partial charge in [0.1, 0.15) is 247 Å². The van der Waals surface area contributed by atoms with Crippen LogP contribution in [0.5, 0.6) is 0 Å². The van der Waals surface area contributed by atoms with E-state index in [1.807, 2.05) is 0 Å². The molecule has 0 saturated heterocycles. The minimum atomic E-state index is 1.03. The van der Waals surface area contributed by atoms with E-state index in [0.29, 0.717) is 0 Å². The molecule has 1 aromatic heterocycles. The van der Waals surface area contributed by atoms with Crippen LogP contribution >= 0.6 is 0 Å². The van der Waals surface area contributed by atoms with Crippen LogP contribution in [0.3, 0.4) is 0 Å². The van der Waals surface area contributed by atoms with Gasteiger partial charge in [0.25, 0.3) is 0 Å². The Morgan fingerprint density at radius 3 is 0.642 bits per heavy atom. The van der Waals surface area contributed by atoms with Gasteiger partial charge in [0.2, 0.25) is 0 Å². The van der Waals surface area contributed by atoms with Gasteiger partial charge in [0.05, 0.1) is 0 Å². The first-order chi connectivity index (χ1) is 37.8. The summed E-state index contributed by atoms with van der Waals surface area (Å²) in [7, 11) is 71.4. The molecule has 0 unspecified atom stereocenters. The number of fused-ring (bicyclic) bond motifs is 10. The summed E-state index contributed by atoms with van der Waals surface area (Å²) in [5.41, 5.74) is 51.5. The maximum atomic E-state index is 7.31. The summed E-state index contributed by atoms with van der Waals surface area (Å²) in [6.45, 7) is 0. The van der Waals surface area contributed by atoms with Gasteiger partial charge in [0, 0.05) is 10.8 Å². The molecule has 0 aliphatic carbocycles. The van der Waals surface area contributed by atoms with Crippen molar-refractivity contribution in [3.05, 3.63) is 0 Å². The number of hydrogen-bond donors (Lipinski definition) is 0.